The fourth-order valence-electron chi connectivity index (χ4n) is 7.20. The number of fused-ring (bicyclic) bond motifs is 3. The van der Waals surface area contributed by atoms with E-state index >= 15 is 0 Å². The third-order valence-corrected chi connectivity index (χ3v) is 11.7. The summed E-state index contributed by atoms with van der Waals surface area (Å²) in [5, 5.41) is 2.78. The molecular weight excluding hydrogens is 731 g/mol. The molecule has 3 aromatic rings. The average molecular weight is 777 g/mol. The predicted octanol–water partition coefficient (Wildman–Crippen LogP) is 5.56. The quantitative estimate of drug-likeness (QED) is 0.173. The number of rotatable bonds is 4. The van der Waals surface area contributed by atoms with Crippen molar-refractivity contribution >= 4 is 19.8 Å². The second-order valence-electron chi connectivity index (χ2n) is 13.0. The van der Waals surface area contributed by atoms with Crippen molar-refractivity contribution in [3.05, 3.63) is 170 Å². The Bertz CT molecular complexity index is 2020. The zero-order chi connectivity index (χ0) is 34.5. The van der Waals surface area contributed by atoms with E-state index in [1.165, 1.54) is 93.8 Å². The van der Waals surface area contributed by atoms with E-state index in [1.54, 1.807) is 0 Å². The Labute approximate surface area is 327 Å². The van der Waals surface area contributed by atoms with Crippen LogP contribution in [0.25, 0.3) is 21.9 Å². The number of hydrogen-bond donors (Lipinski definition) is 0. The van der Waals surface area contributed by atoms with E-state index in [4.69, 9.17) is 0 Å². The standard InChI is InChI=1S/C28H31O.C13H10.C5H5.2ClH.Zr/c1-14-15(2)17(4)26-23(16(14)3)20(7)24-21(8)25(18(5)19(6)27(24)26)28(29)22-12-10-9-11-13-22;1-3-7-12(8-4-1)11-13-9-5-2-6-10-13;1-2-4-5-3-1;;;/h9-12,22H,13H2,1-8H3;1-10H;1-3H,4H2;2*1H;/q-1;;-1;;;+2/p-2. The van der Waals surface area contributed by atoms with Crippen molar-refractivity contribution in [1.29, 1.82) is 0 Å². The minimum atomic E-state index is -0.0492. The molecule has 4 aliphatic carbocycles. The van der Waals surface area contributed by atoms with E-state index in [9.17, 15) is 4.79 Å². The number of benzene rings is 4. The van der Waals surface area contributed by atoms with E-state index in [0.717, 1.165) is 29.5 Å². The second kappa shape index (κ2) is 18.3. The van der Waals surface area contributed by atoms with Crippen molar-refractivity contribution < 1.29 is 53.8 Å². The molecule has 50 heavy (non-hydrogen) atoms. The monoisotopic (exact) mass is 774 g/mol. The number of hydrogen-bond acceptors (Lipinski definition) is 1. The third-order valence-electron chi connectivity index (χ3n) is 10.3. The van der Waals surface area contributed by atoms with Gasteiger partial charge < -0.3 is 29.6 Å². The molecule has 0 saturated heterocycles. The molecule has 1 atom stereocenters. The third kappa shape index (κ3) is 8.26. The first-order valence-corrected chi connectivity index (χ1v) is 18.2. The molecule has 0 saturated carbocycles. The molecule has 0 heterocycles. The molecular formula is C46H46Cl2OZr-2. The minimum absolute atomic E-state index is 0. The molecule has 7 rings (SSSR count). The summed E-state index contributed by atoms with van der Waals surface area (Å²) >= 11 is 1.46. The summed E-state index contributed by atoms with van der Waals surface area (Å²) in [7, 11) is 0. The van der Waals surface area contributed by atoms with Crippen LogP contribution >= 0.6 is 0 Å². The molecule has 3 aromatic carbocycles. The van der Waals surface area contributed by atoms with Gasteiger partial charge in [-0.3, -0.25) is 6.08 Å². The van der Waals surface area contributed by atoms with Crippen LogP contribution in [-0.4, -0.2) is 8.99 Å². The van der Waals surface area contributed by atoms with Crippen LogP contribution in [0.4, 0.5) is 0 Å². The summed E-state index contributed by atoms with van der Waals surface area (Å²) in [6, 6.07) is 21.1. The molecule has 0 radical (unpaired) electrons. The first-order valence-electron chi connectivity index (χ1n) is 16.9. The van der Waals surface area contributed by atoms with Crippen molar-refractivity contribution in [2.45, 2.75) is 68.2 Å². The van der Waals surface area contributed by atoms with Crippen molar-refractivity contribution in [3.63, 3.8) is 0 Å². The Morgan fingerprint density at radius 2 is 1.24 bits per heavy atom. The van der Waals surface area contributed by atoms with Gasteiger partial charge in [0.25, 0.3) is 0 Å². The van der Waals surface area contributed by atoms with E-state index < -0.39 is 0 Å². The zero-order valence-electron chi connectivity index (χ0n) is 30.5. The topological polar surface area (TPSA) is 17.1 Å². The van der Waals surface area contributed by atoms with E-state index in [1.807, 2.05) is 24.3 Å². The Morgan fingerprint density at radius 1 is 0.680 bits per heavy atom. The van der Waals surface area contributed by atoms with Crippen LogP contribution in [-0.2, 0) is 24.2 Å². The number of Topliss-reactive ketones (excluding diaryl/α,β-unsaturated/α-hetero) is 1. The van der Waals surface area contributed by atoms with Gasteiger partial charge in [-0.15, -0.1) is 28.7 Å². The van der Waals surface area contributed by atoms with Crippen LogP contribution in [0.5, 0.6) is 0 Å². The molecule has 0 spiro atoms. The maximum atomic E-state index is 13.5. The Morgan fingerprint density at radius 3 is 1.70 bits per heavy atom. The number of carbonyl (C=O) groups excluding carboxylic acids is 1. The normalized spacial score (nSPS) is 14.0. The van der Waals surface area contributed by atoms with Gasteiger partial charge in [-0.05, 0) is 61.8 Å². The molecule has 256 valence electrons. The van der Waals surface area contributed by atoms with Gasteiger partial charge in [-0.25, -0.2) is 12.2 Å². The summed E-state index contributed by atoms with van der Waals surface area (Å²) in [6.45, 7) is 17.7. The van der Waals surface area contributed by atoms with Crippen LogP contribution < -0.4 is 24.8 Å². The molecule has 1 nitrogen and oxygen atoms in total. The van der Waals surface area contributed by atoms with Gasteiger partial charge >= 0.3 is 99.2 Å². The van der Waals surface area contributed by atoms with Gasteiger partial charge in [0.05, 0.1) is 0 Å². The fraction of sp³-hybridized carbons (Fsp3) is 0.239. The zero-order valence-corrected chi connectivity index (χ0v) is 34.4. The molecule has 1 unspecified atom stereocenters. The van der Waals surface area contributed by atoms with Gasteiger partial charge in [0.1, 0.15) is 5.78 Å². The number of halogens is 2. The summed E-state index contributed by atoms with van der Waals surface area (Å²) in [5.74, 6) is 0.211. The van der Waals surface area contributed by atoms with E-state index in [2.05, 4.69) is 140 Å². The van der Waals surface area contributed by atoms with E-state index in [0.29, 0.717) is 0 Å². The number of aryl methyl sites for hydroxylation is 3. The summed E-state index contributed by atoms with van der Waals surface area (Å²) in [4.78, 5) is 13.5. The van der Waals surface area contributed by atoms with Gasteiger partial charge in [-0.2, -0.15) is 6.08 Å². The first-order chi connectivity index (χ1) is 23.1. The Kier molecular flexibility index (Phi) is 15.0. The predicted molar refractivity (Wildman–Crippen MR) is 202 cm³/mol. The summed E-state index contributed by atoms with van der Waals surface area (Å²) < 4.78 is 1.42. The molecule has 0 aromatic heterocycles. The van der Waals surface area contributed by atoms with Gasteiger partial charge in [0.15, 0.2) is 0 Å². The molecule has 4 heteroatoms. The van der Waals surface area contributed by atoms with Crippen molar-refractivity contribution in [2.75, 3.05) is 0 Å². The Balaban J connectivity index is 0.000000267. The van der Waals surface area contributed by atoms with Crippen LogP contribution in [0, 0.1) is 67.4 Å². The maximum absolute atomic E-state index is 13.5. The molecule has 4 aliphatic rings. The molecule has 0 aliphatic heterocycles. The molecule has 0 fully saturated rings. The molecule has 0 bridgehead atoms. The van der Waals surface area contributed by atoms with Crippen LogP contribution in [0.15, 0.2) is 103 Å². The fourth-order valence-corrected chi connectivity index (χ4v) is 8.02. The van der Waals surface area contributed by atoms with Crippen molar-refractivity contribution in [1.82, 2.24) is 0 Å². The van der Waals surface area contributed by atoms with Crippen molar-refractivity contribution in [2.24, 2.45) is 5.92 Å². The van der Waals surface area contributed by atoms with E-state index in [-0.39, 0.29) is 36.5 Å². The number of ketones is 1. The first kappa shape index (κ1) is 41.1. The van der Waals surface area contributed by atoms with Gasteiger partial charge in [0.2, 0.25) is 0 Å². The SMILES string of the molecule is Cc1c(C)c(C)c2c3c(C)c(C)c(C(=O)C4C=CC=CC4)[c-](C)c-3c(C)c2c1C.[C-]1=CC=CC1.[Cl-].[Cl-].[Zr+2]=[C](c1ccccc1)c1ccccc1. The average Bonchev–Trinajstić information content (AvgIpc) is 3.81. The number of carbonyl (C=O) groups is 1. The summed E-state index contributed by atoms with van der Waals surface area (Å²) in [5.41, 5.74) is 16.6. The van der Waals surface area contributed by atoms with Crippen molar-refractivity contribution in [3.8, 4) is 11.1 Å². The summed E-state index contributed by atoms with van der Waals surface area (Å²) in [6.07, 6.45) is 19.0. The molecule has 0 amide bonds. The Hall–Kier alpha value is -3.29. The number of allylic oxidation sites excluding steroid dienone is 8. The van der Waals surface area contributed by atoms with Crippen LogP contribution in [0.3, 0.4) is 0 Å². The second-order valence-corrected chi connectivity index (χ2v) is 14.2. The van der Waals surface area contributed by atoms with Gasteiger partial charge in [-0.1, -0.05) is 74.1 Å². The molecule has 0 N–H and O–H groups in total. The van der Waals surface area contributed by atoms with Crippen LogP contribution in [0.1, 0.15) is 78.8 Å². The van der Waals surface area contributed by atoms with Gasteiger partial charge in [0, 0.05) is 5.92 Å². The van der Waals surface area contributed by atoms with Crippen LogP contribution in [0.2, 0.25) is 0 Å².